The summed E-state index contributed by atoms with van der Waals surface area (Å²) < 4.78 is 19.7. The van der Waals surface area contributed by atoms with E-state index in [-0.39, 0.29) is 23.3 Å². The molecule has 1 saturated carbocycles. The highest BCUT2D eigenvalue weighted by Gasteiger charge is 2.82. The molecule has 1 saturated heterocycles. The van der Waals surface area contributed by atoms with E-state index in [4.69, 9.17) is 78.0 Å². The van der Waals surface area contributed by atoms with Crippen molar-refractivity contribution in [1.82, 2.24) is 0 Å². The van der Waals surface area contributed by atoms with E-state index in [9.17, 15) is 4.21 Å². The molecule has 3 rings (SSSR count). The third-order valence-electron chi connectivity index (χ3n) is 3.94. The lowest BCUT2D eigenvalue weighted by Crippen LogP contribution is -2.45. The second-order valence-electron chi connectivity index (χ2n) is 4.61. The summed E-state index contributed by atoms with van der Waals surface area (Å²) in [5.74, 6) is -0.911. The van der Waals surface area contributed by atoms with Gasteiger partial charge in [-0.25, -0.2) is 0 Å². The van der Waals surface area contributed by atoms with Gasteiger partial charge in [0.1, 0.15) is 9.75 Å². The lowest BCUT2D eigenvalue weighted by Gasteiger charge is -2.33. The van der Waals surface area contributed by atoms with Crippen LogP contribution in [0.3, 0.4) is 0 Å². The zero-order valence-electron chi connectivity index (χ0n) is 8.97. The minimum absolute atomic E-state index is 0.0107. The topological polar surface area (TPSA) is 35.5 Å². The fourth-order valence-corrected chi connectivity index (χ4v) is 6.60. The maximum atomic E-state index is 11.3. The fourth-order valence-electron chi connectivity index (χ4n) is 2.96. The van der Waals surface area contributed by atoms with Gasteiger partial charge in [-0.1, -0.05) is 46.4 Å². The lowest BCUT2D eigenvalue weighted by atomic mass is 9.83. The van der Waals surface area contributed by atoms with Gasteiger partial charge < -0.3 is 0 Å². The normalized spacial score (nSPS) is 52.2. The van der Waals surface area contributed by atoms with Crippen LogP contribution in [0.2, 0.25) is 0 Å². The average molecular weight is 407 g/mol. The summed E-state index contributed by atoms with van der Waals surface area (Å²) in [5.41, 5.74) is 0. The Morgan fingerprint density at radius 3 is 1.68 bits per heavy atom. The van der Waals surface area contributed by atoms with Crippen molar-refractivity contribution in [3.63, 3.8) is 0 Å². The van der Waals surface area contributed by atoms with Gasteiger partial charge in [0.2, 0.25) is 0 Å². The number of halogens is 6. The SMILES string of the molecule is O=S1OC[C@@H]2[C@H](CO1)[C@]1(Cl)C(Cl)=C(Cl)[C@]2(Cl)C1(Cl)Cl. The Morgan fingerprint density at radius 2 is 1.32 bits per heavy atom. The van der Waals surface area contributed by atoms with Gasteiger partial charge in [0.15, 0.2) is 4.33 Å². The Labute approximate surface area is 142 Å². The maximum absolute atomic E-state index is 11.3. The number of hydrogen-bond donors (Lipinski definition) is 0. The highest BCUT2D eigenvalue weighted by atomic mass is 35.5. The Morgan fingerprint density at radius 1 is 0.947 bits per heavy atom. The van der Waals surface area contributed by atoms with Crippen molar-refractivity contribution >= 4 is 81.0 Å². The summed E-state index contributed by atoms with van der Waals surface area (Å²) in [6, 6.07) is 0. The minimum atomic E-state index is -1.86. The summed E-state index contributed by atoms with van der Waals surface area (Å²) in [7, 11) is 0. The molecule has 1 heterocycles. The molecule has 1 aliphatic heterocycles. The number of alkyl halides is 4. The molecule has 3 aliphatic rings. The van der Waals surface area contributed by atoms with Crippen LogP contribution in [0.5, 0.6) is 0 Å². The summed E-state index contributed by atoms with van der Waals surface area (Å²) in [4.78, 5) is -2.78. The molecule has 3 nitrogen and oxygen atoms in total. The van der Waals surface area contributed by atoms with Crippen molar-refractivity contribution in [2.24, 2.45) is 11.8 Å². The molecule has 2 aliphatic carbocycles. The van der Waals surface area contributed by atoms with E-state index in [1.54, 1.807) is 0 Å². The molecule has 2 fully saturated rings. The zero-order valence-corrected chi connectivity index (χ0v) is 14.3. The molecule has 5 atom stereocenters. The molecule has 0 radical (unpaired) electrons. The van der Waals surface area contributed by atoms with Crippen molar-refractivity contribution in [1.29, 1.82) is 0 Å². The third kappa shape index (κ3) is 1.59. The van der Waals surface area contributed by atoms with Crippen LogP contribution in [0, 0.1) is 11.8 Å². The van der Waals surface area contributed by atoms with E-state index in [0.717, 1.165) is 0 Å². The molecule has 108 valence electrons. The first kappa shape index (κ1) is 15.4. The number of allylic oxidation sites excluding steroid dienone is 2. The predicted octanol–water partition coefficient (Wildman–Crippen LogP) is 3.69. The van der Waals surface area contributed by atoms with Gasteiger partial charge in [-0.05, 0) is 0 Å². The van der Waals surface area contributed by atoms with Crippen molar-refractivity contribution in [3.05, 3.63) is 10.1 Å². The van der Waals surface area contributed by atoms with Crippen LogP contribution < -0.4 is 0 Å². The van der Waals surface area contributed by atoms with Crippen molar-refractivity contribution in [3.8, 4) is 0 Å². The largest absolute Gasteiger partial charge is 0.304 e. The van der Waals surface area contributed by atoms with E-state index in [1.807, 2.05) is 0 Å². The van der Waals surface area contributed by atoms with Gasteiger partial charge in [0, 0.05) is 11.8 Å². The van der Waals surface area contributed by atoms with Gasteiger partial charge in [-0.2, -0.15) is 4.21 Å². The molecule has 19 heavy (non-hydrogen) atoms. The number of hydrogen-bond acceptors (Lipinski definition) is 3. The van der Waals surface area contributed by atoms with Crippen LogP contribution in [0.4, 0.5) is 0 Å². The van der Waals surface area contributed by atoms with E-state index in [0.29, 0.717) is 0 Å². The van der Waals surface area contributed by atoms with Crippen molar-refractivity contribution < 1.29 is 12.6 Å². The molecule has 0 aromatic heterocycles. The monoisotopic (exact) mass is 404 g/mol. The van der Waals surface area contributed by atoms with E-state index in [2.05, 4.69) is 0 Å². The smallest absolute Gasteiger partial charge is 0.268 e. The second-order valence-corrected chi connectivity index (χ2v) is 8.77. The van der Waals surface area contributed by atoms with Crippen LogP contribution in [-0.4, -0.2) is 31.5 Å². The average Bonchev–Trinajstić information content (AvgIpc) is 2.54. The van der Waals surface area contributed by atoms with Crippen LogP contribution in [0.1, 0.15) is 0 Å². The van der Waals surface area contributed by atoms with E-state index >= 15 is 0 Å². The molecular weight excluding hydrogens is 401 g/mol. The molecule has 0 amide bonds. The molecule has 0 aromatic rings. The quantitative estimate of drug-likeness (QED) is 0.575. The van der Waals surface area contributed by atoms with Crippen LogP contribution in [0.15, 0.2) is 10.1 Å². The molecule has 0 N–H and O–H groups in total. The zero-order chi connectivity index (χ0) is 14.2. The van der Waals surface area contributed by atoms with Gasteiger partial charge in [-0.15, -0.1) is 23.2 Å². The fraction of sp³-hybridized carbons (Fsp3) is 0.778. The minimum Gasteiger partial charge on any atom is -0.268 e. The van der Waals surface area contributed by atoms with Crippen LogP contribution in [-0.2, 0) is 19.7 Å². The second kappa shape index (κ2) is 4.53. The predicted molar refractivity (Wildman–Crippen MR) is 77.4 cm³/mol. The van der Waals surface area contributed by atoms with Gasteiger partial charge in [0.05, 0.1) is 23.3 Å². The summed E-state index contributed by atoms with van der Waals surface area (Å²) >= 11 is 36.4. The van der Waals surface area contributed by atoms with E-state index < -0.39 is 37.3 Å². The van der Waals surface area contributed by atoms with Gasteiger partial charge in [-0.3, -0.25) is 8.37 Å². The molecule has 1 unspecified atom stereocenters. The summed E-state index contributed by atoms with van der Waals surface area (Å²) in [6.45, 7) is 0.0215. The first-order chi connectivity index (χ1) is 8.69. The van der Waals surface area contributed by atoms with Crippen molar-refractivity contribution in [2.45, 2.75) is 14.1 Å². The van der Waals surface area contributed by atoms with Crippen molar-refractivity contribution in [2.75, 3.05) is 13.2 Å². The highest BCUT2D eigenvalue weighted by Crippen LogP contribution is 2.76. The molecular formula is C9H6Cl6O3S. The number of fused-ring (bicyclic) bond motifs is 5. The molecule has 0 aromatic carbocycles. The number of rotatable bonds is 0. The summed E-state index contributed by atoms with van der Waals surface area (Å²) in [6.07, 6.45) is 0. The molecule has 0 spiro atoms. The van der Waals surface area contributed by atoms with Crippen LogP contribution >= 0.6 is 69.6 Å². The first-order valence-electron chi connectivity index (χ1n) is 5.19. The van der Waals surface area contributed by atoms with Gasteiger partial charge in [0.25, 0.3) is 0 Å². The Hall–Kier alpha value is 1.55. The van der Waals surface area contributed by atoms with E-state index in [1.165, 1.54) is 0 Å². The summed E-state index contributed by atoms with van der Waals surface area (Å²) in [5, 5.41) is 0.210. The Kier molecular flexibility index (Phi) is 3.68. The molecule has 10 heteroatoms. The third-order valence-corrected chi connectivity index (χ3v) is 8.95. The lowest BCUT2D eigenvalue weighted by molar-refractivity contribution is 0.207. The Balaban J connectivity index is 2.19. The highest BCUT2D eigenvalue weighted by molar-refractivity contribution is 7.75. The first-order valence-corrected chi connectivity index (χ1v) is 8.46. The van der Waals surface area contributed by atoms with Crippen LogP contribution in [0.25, 0.3) is 0 Å². The standard InChI is InChI=1S/C9H6Cl6O3S/c10-5-6(11)8(13)4-2-18-19(16)17-1-3(4)7(5,12)9(8,14)15/h3-4H,1-2H2/t3-,4+,7-,8-,19?/m0/s1. The maximum Gasteiger partial charge on any atom is 0.304 e. The Bertz CT molecular complexity index is 470. The molecule has 2 bridgehead atoms. The van der Waals surface area contributed by atoms with Gasteiger partial charge >= 0.3 is 11.4 Å².